The first-order valence-electron chi connectivity index (χ1n) is 11.3. The summed E-state index contributed by atoms with van der Waals surface area (Å²) in [6, 6.07) is 7.14. The third-order valence-corrected chi connectivity index (χ3v) is 6.70. The molecule has 4 aromatic heterocycles. The van der Waals surface area contributed by atoms with E-state index in [1.54, 1.807) is 47.2 Å². The van der Waals surface area contributed by atoms with Crippen LogP contribution < -0.4 is 10.1 Å². The number of aromatic nitrogens is 3. The summed E-state index contributed by atoms with van der Waals surface area (Å²) < 4.78 is 9.71. The van der Waals surface area contributed by atoms with Crippen molar-refractivity contribution in [2.45, 2.75) is 39.3 Å². The van der Waals surface area contributed by atoms with E-state index in [1.807, 2.05) is 37.3 Å². The molecule has 5 heterocycles. The third-order valence-electron chi connectivity index (χ3n) is 6.70. The Bertz CT molecular complexity index is 1440. The van der Waals surface area contributed by atoms with Gasteiger partial charge in [-0.25, -0.2) is 4.52 Å². The predicted molar refractivity (Wildman–Crippen MR) is 127 cm³/mol. The number of aliphatic hydroxyl groups is 1. The van der Waals surface area contributed by atoms with E-state index in [1.165, 1.54) is 0 Å². The van der Waals surface area contributed by atoms with Crippen LogP contribution in [-0.2, 0) is 0 Å². The van der Waals surface area contributed by atoms with Crippen LogP contribution in [-0.4, -0.2) is 61.6 Å². The molecule has 34 heavy (non-hydrogen) atoms. The molecule has 2 amide bonds. The molecular formula is C25H27N5O4. The molecule has 1 aliphatic heterocycles. The Morgan fingerprint density at radius 3 is 2.74 bits per heavy atom. The highest BCUT2D eigenvalue weighted by Crippen LogP contribution is 2.32. The molecule has 2 N–H and O–H groups in total. The molecule has 0 aliphatic carbocycles. The molecule has 1 saturated heterocycles. The molecule has 2 atom stereocenters. The van der Waals surface area contributed by atoms with Crippen molar-refractivity contribution in [3.63, 3.8) is 0 Å². The quantitative estimate of drug-likeness (QED) is 0.487. The van der Waals surface area contributed by atoms with Gasteiger partial charge in [0.1, 0.15) is 17.0 Å². The highest BCUT2D eigenvalue weighted by molar-refractivity contribution is 5.99. The van der Waals surface area contributed by atoms with Gasteiger partial charge in [0.05, 0.1) is 23.9 Å². The normalized spacial score (nSPS) is 18.1. The van der Waals surface area contributed by atoms with Gasteiger partial charge in [0, 0.05) is 43.6 Å². The Labute approximate surface area is 196 Å². The van der Waals surface area contributed by atoms with E-state index in [4.69, 9.17) is 4.74 Å². The van der Waals surface area contributed by atoms with E-state index >= 15 is 0 Å². The number of carbonyl (C=O) groups excluding carboxylic acids is 2. The van der Waals surface area contributed by atoms with Crippen LogP contribution in [0, 0.1) is 13.8 Å². The van der Waals surface area contributed by atoms with Crippen LogP contribution in [0.5, 0.6) is 11.5 Å². The van der Waals surface area contributed by atoms with Gasteiger partial charge in [0.25, 0.3) is 11.8 Å². The molecule has 0 spiro atoms. The number of aliphatic hydroxyl groups excluding tert-OH is 1. The van der Waals surface area contributed by atoms with Crippen molar-refractivity contribution in [3.05, 3.63) is 65.2 Å². The zero-order valence-corrected chi connectivity index (χ0v) is 19.6. The second-order valence-corrected chi connectivity index (χ2v) is 8.77. The van der Waals surface area contributed by atoms with Gasteiger partial charge in [-0.1, -0.05) is 0 Å². The fourth-order valence-electron chi connectivity index (χ4n) is 4.78. The minimum atomic E-state index is -0.505. The van der Waals surface area contributed by atoms with Crippen LogP contribution in [0.3, 0.4) is 0 Å². The number of amides is 2. The lowest BCUT2D eigenvalue weighted by molar-refractivity contribution is 0.0666. The van der Waals surface area contributed by atoms with Gasteiger partial charge in [-0.3, -0.25) is 9.59 Å². The Morgan fingerprint density at radius 2 is 2.03 bits per heavy atom. The van der Waals surface area contributed by atoms with Crippen molar-refractivity contribution in [2.75, 3.05) is 13.6 Å². The predicted octanol–water partition coefficient (Wildman–Crippen LogP) is 2.95. The van der Waals surface area contributed by atoms with Crippen LogP contribution in [0.15, 0.2) is 42.9 Å². The highest BCUT2D eigenvalue weighted by Gasteiger charge is 2.34. The molecule has 0 saturated carbocycles. The van der Waals surface area contributed by atoms with E-state index in [0.29, 0.717) is 41.2 Å². The van der Waals surface area contributed by atoms with Crippen LogP contribution >= 0.6 is 0 Å². The summed E-state index contributed by atoms with van der Waals surface area (Å²) in [6.45, 7) is 6.16. The second kappa shape index (κ2) is 8.18. The number of nitrogens with one attached hydrogen (secondary N) is 1. The standard InChI is InChI=1S/C25H27N5O4/c1-14-11-17-12-18(6-9-29(17)22(14)24(32)26-4)34-21-5-8-27-30-13-19(15(2)23(21)30)25(33)28-10-7-20(31)16(28)3/h5-6,8-9,11-13,16,20,31H,7,10H2,1-4H3,(H,26,32)/t16-,20+/m0/s1. The first kappa shape index (κ1) is 22.0. The van der Waals surface area contributed by atoms with Gasteiger partial charge >= 0.3 is 0 Å². The molecule has 1 aliphatic rings. The van der Waals surface area contributed by atoms with Crippen molar-refractivity contribution in [2.24, 2.45) is 0 Å². The maximum atomic E-state index is 13.2. The second-order valence-electron chi connectivity index (χ2n) is 8.77. The summed E-state index contributed by atoms with van der Waals surface area (Å²) in [7, 11) is 1.61. The summed E-state index contributed by atoms with van der Waals surface area (Å²) in [5.41, 5.74) is 4.30. The van der Waals surface area contributed by atoms with Crippen LogP contribution in [0.2, 0.25) is 0 Å². The molecule has 9 nitrogen and oxygen atoms in total. The number of hydrogen-bond donors (Lipinski definition) is 2. The first-order valence-corrected chi connectivity index (χ1v) is 11.3. The molecule has 0 aromatic carbocycles. The van der Waals surface area contributed by atoms with Gasteiger partial charge in [0.2, 0.25) is 0 Å². The molecule has 9 heteroatoms. The molecule has 0 radical (unpaired) electrons. The largest absolute Gasteiger partial charge is 0.455 e. The number of nitrogens with zero attached hydrogens (tertiary/aromatic N) is 4. The lowest BCUT2D eigenvalue weighted by Crippen LogP contribution is -2.37. The summed E-state index contributed by atoms with van der Waals surface area (Å²) in [6.07, 6.45) is 5.22. The van der Waals surface area contributed by atoms with Gasteiger partial charge in [-0.05, 0) is 50.5 Å². The fraction of sp³-hybridized carbons (Fsp3) is 0.320. The summed E-state index contributed by atoms with van der Waals surface area (Å²) >= 11 is 0. The average Bonchev–Trinajstić information content (AvgIpc) is 3.45. The Kier molecular flexibility index (Phi) is 5.28. The number of fused-ring (bicyclic) bond motifs is 2. The monoisotopic (exact) mass is 461 g/mol. The zero-order valence-electron chi connectivity index (χ0n) is 19.6. The zero-order chi connectivity index (χ0) is 24.1. The molecule has 5 rings (SSSR count). The number of aryl methyl sites for hydroxylation is 2. The van der Waals surface area contributed by atoms with E-state index in [2.05, 4.69) is 10.4 Å². The minimum Gasteiger partial charge on any atom is -0.455 e. The molecule has 176 valence electrons. The molecule has 4 aromatic rings. The maximum Gasteiger partial charge on any atom is 0.268 e. The summed E-state index contributed by atoms with van der Waals surface area (Å²) in [5, 5.41) is 17.1. The molecule has 0 bridgehead atoms. The van der Waals surface area contributed by atoms with E-state index < -0.39 is 6.10 Å². The summed E-state index contributed by atoms with van der Waals surface area (Å²) in [5.74, 6) is 0.902. The minimum absolute atomic E-state index is 0.121. The van der Waals surface area contributed by atoms with Crippen LogP contribution in [0.25, 0.3) is 11.0 Å². The van der Waals surface area contributed by atoms with Gasteiger partial charge < -0.3 is 24.5 Å². The van der Waals surface area contributed by atoms with Gasteiger partial charge in [-0.15, -0.1) is 0 Å². The highest BCUT2D eigenvalue weighted by atomic mass is 16.5. The lowest BCUT2D eigenvalue weighted by Gasteiger charge is -2.22. The van der Waals surface area contributed by atoms with Crippen LogP contribution in [0.4, 0.5) is 0 Å². The summed E-state index contributed by atoms with van der Waals surface area (Å²) in [4.78, 5) is 27.2. The Balaban J connectivity index is 1.51. The smallest absolute Gasteiger partial charge is 0.268 e. The fourth-order valence-corrected chi connectivity index (χ4v) is 4.78. The number of likely N-dealkylation sites (tertiary alicyclic amines) is 1. The van der Waals surface area contributed by atoms with Gasteiger partial charge in [-0.2, -0.15) is 5.10 Å². The third kappa shape index (κ3) is 3.40. The van der Waals surface area contributed by atoms with E-state index in [0.717, 1.165) is 16.6 Å². The lowest BCUT2D eigenvalue weighted by atomic mass is 10.1. The van der Waals surface area contributed by atoms with Crippen molar-refractivity contribution >= 4 is 22.8 Å². The average molecular weight is 462 g/mol. The van der Waals surface area contributed by atoms with Crippen molar-refractivity contribution in [3.8, 4) is 11.5 Å². The van der Waals surface area contributed by atoms with Crippen LogP contribution in [0.1, 0.15) is 45.3 Å². The Hall–Kier alpha value is -3.85. The maximum absolute atomic E-state index is 13.2. The first-order chi connectivity index (χ1) is 16.3. The number of rotatable bonds is 4. The van der Waals surface area contributed by atoms with E-state index in [-0.39, 0.29) is 17.9 Å². The molecule has 1 fully saturated rings. The molecule has 0 unspecified atom stereocenters. The van der Waals surface area contributed by atoms with Crippen molar-refractivity contribution in [1.29, 1.82) is 0 Å². The topological polar surface area (TPSA) is 101 Å². The molecular weight excluding hydrogens is 434 g/mol. The number of carbonyl (C=O) groups is 2. The number of hydrogen-bond acceptors (Lipinski definition) is 5. The number of pyridine rings is 1. The Morgan fingerprint density at radius 1 is 1.24 bits per heavy atom. The van der Waals surface area contributed by atoms with Gasteiger partial charge in [0.15, 0.2) is 5.75 Å². The SMILES string of the molecule is CNC(=O)c1c(C)cc2cc(Oc3ccnn4cc(C(=O)N5CC[C@@H](O)[C@@H]5C)c(C)c34)ccn12. The van der Waals surface area contributed by atoms with Crippen molar-refractivity contribution < 1.29 is 19.4 Å². The van der Waals surface area contributed by atoms with E-state index in [9.17, 15) is 14.7 Å². The number of ether oxygens (including phenoxy) is 1. The van der Waals surface area contributed by atoms with Crippen molar-refractivity contribution in [1.82, 2.24) is 24.2 Å².